The quantitative estimate of drug-likeness (QED) is 0.166. The van der Waals surface area contributed by atoms with Crippen molar-refractivity contribution in [2.45, 2.75) is 0 Å². The van der Waals surface area contributed by atoms with Gasteiger partial charge >= 0.3 is 0 Å². The molecule has 0 aliphatic rings. The Morgan fingerprint density at radius 2 is 0.904 bits per heavy atom. The Hall–Kier alpha value is -6.97. The van der Waals surface area contributed by atoms with Gasteiger partial charge in [0.05, 0.1) is 0 Å². The Morgan fingerprint density at radius 3 is 1.62 bits per heavy atom. The summed E-state index contributed by atoms with van der Waals surface area (Å²) in [5.74, 6) is 0. The highest BCUT2D eigenvalue weighted by Crippen LogP contribution is 2.40. The Bertz CT molecular complexity index is 2870. The van der Waals surface area contributed by atoms with Crippen LogP contribution < -0.4 is 4.90 Å². The van der Waals surface area contributed by atoms with Crippen LogP contribution in [0.1, 0.15) is 0 Å². The van der Waals surface area contributed by atoms with Crippen molar-refractivity contribution >= 4 is 60.5 Å². The van der Waals surface area contributed by atoms with Crippen molar-refractivity contribution in [2.24, 2.45) is 0 Å². The van der Waals surface area contributed by atoms with E-state index in [1.54, 1.807) is 6.20 Å². The molecule has 0 radical (unpaired) electrons. The zero-order valence-electron chi connectivity index (χ0n) is 28.3. The zero-order chi connectivity index (χ0) is 34.4. The molecular weight excluding hydrogens is 633 g/mol. The van der Waals surface area contributed by atoms with Crippen molar-refractivity contribution in [3.8, 4) is 33.4 Å². The van der Waals surface area contributed by atoms with E-state index in [1.807, 2.05) is 12.3 Å². The fourth-order valence-electron chi connectivity index (χ4n) is 7.57. The van der Waals surface area contributed by atoms with E-state index < -0.39 is 0 Å². The van der Waals surface area contributed by atoms with Gasteiger partial charge in [0.25, 0.3) is 0 Å². The molecule has 10 aromatic rings. The molecule has 0 fully saturated rings. The predicted molar refractivity (Wildman–Crippen MR) is 218 cm³/mol. The molecule has 0 N–H and O–H groups in total. The number of benzene rings is 8. The van der Waals surface area contributed by atoms with Gasteiger partial charge < -0.3 is 9.32 Å². The molecule has 52 heavy (non-hydrogen) atoms. The third-order valence-corrected chi connectivity index (χ3v) is 10.2. The fourth-order valence-corrected chi connectivity index (χ4v) is 7.57. The number of nitrogens with zero attached hydrogens (tertiary/aromatic N) is 2. The number of anilines is 3. The molecule has 10 rings (SSSR count). The van der Waals surface area contributed by atoms with Crippen LogP contribution in [0.2, 0.25) is 0 Å². The van der Waals surface area contributed by atoms with Crippen molar-refractivity contribution in [2.75, 3.05) is 4.90 Å². The average Bonchev–Trinajstić information content (AvgIpc) is 3.60. The molecule has 2 heterocycles. The minimum absolute atomic E-state index is 0.853. The van der Waals surface area contributed by atoms with E-state index in [-0.39, 0.29) is 0 Å². The Labute approximate surface area is 301 Å². The fraction of sp³-hybridized carbons (Fsp3) is 0. The van der Waals surface area contributed by atoms with Gasteiger partial charge in [0, 0.05) is 40.2 Å². The lowest BCUT2D eigenvalue weighted by Gasteiger charge is -2.26. The summed E-state index contributed by atoms with van der Waals surface area (Å²) in [5, 5.41) is 7.16. The molecule has 0 amide bonds. The standard InChI is InChI=1S/C49H32N2O/c1-2-8-33(9-3-1)34-14-21-39(22-15-34)51(40-23-16-35(17-24-40)37-20-27-48-46(30-37)47-32-50-29-28-49(47)52-48)41-25-18-36(19-26-41)45-31-38-10-4-5-11-42(38)43-12-6-7-13-44(43)45/h1-32H. The average molecular weight is 665 g/mol. The SMILES string of the molecule is c1ccc(-c2ccc(N(c3ccc(-c4ccc5oc6ccncc6c5c4)cc3)c3ccc(-c4cc5ccccc5c5ccccc45)cc3)cc2)cc1. The summed E-state index contributed by atoms with van der Waals surface area (Å²) in [5.41, 5.74) is 12.1. The van der Waals surface area contributed by atoms with Crippen molar-refractivity contribution in [1.29, 1.82) is 0 Å². The largest absolute Gasteiger partial charge is 0.456 e. The van der Waals surface area contributed by atoms with Gasteiger partial charge in [-0.25, -0.2) is 0 Å². The van der Waals surface area contributed by atoms with Crippen LogP contribution in [0.25, 0.3) is 76.9 Å². The molecule has 8 aromatic carbocycles. The van der Waals surface area contributed by atoms with E-state index in [0.717, 1.165) is 50.1 Å². The first-order chi connectivity index (χ1) is 25.8. The smallest absolute Gasteiger partial charge is 0.138 e. The molecule has 0 unspecified atom stereocenters. The lowest BCUT2D eigenvalue weighted by molar-refractivity contribution is 0.668. The molecular formula is C49H32N2O. The van der Waals surface area contributed by atoms with E-state index >= 15 is 0 Å². The molecule has 0 aliphatic carbocycles. The van der Waals surface area contributed by atoms with E-state index in [0.29, 0.717) is 0 Å². The van der Waals surface area contributed by atoms with Gasteiger partial charge in [-0.05, 0) is 116 Å². The first kappa shape index (κ1) is 29.9. The van der Waals surface area contributed by atoms with Gasteiger partial charge in [-0.15, -0.1) is 0 Å². The van der Waals surface area contributed by atoms with Crippen LogP contribution >= 0.6 is 0 Å². The van der Waals surface area contributed by atoms with Crippen LogP contribution in [0.4, 0.5) is 17.1 Å². The molecule has 3 nitrogen and oxygen atoms in total. The minimum atomic E-state index is 0.853. The number of aromatic nitrogens is 1. The van der Waals surface area contributed by atoms with Crippen LogP contribution in [-0.2, 0) is 0 Å². The van der Waals surface area contributed by atoms with Crippen LogP contribution in [0.15, 0.2) is 199 Å². The van der Waals surface area contributed by atoms with Gasteiger partial charge in [-0.1, -0.05) is 121 Å². The topological polar surface area (TPSA) is 29.3 Å². The maximum Gasteiger partial charge on any atom is 0.138 e. The number of hydrogen-bond donors (Lipinski definition) is 0. The number of fused-ring (bicyclic) bond motifs is 6. The third kappa shape index (κ3) is 5.19. The van der Waals surface area contributed by atoms with Gasteiger partial charge in [-0.3, -0.25) is 4.98 Å². The first-order valence-electron chi connectivity index (χ1n) is 17.6. The molecule has 0 atom stereocenters. The van der Waals surface area contributed by atoms with Crippen LogP contribution in [-0.4, -0.2) is 4.98 Å². The lowest BCUT2D eigenvalue weighted by Crippen LogP contribution is -2.09. The second-order valence-corrected chi connectivity index (χ2v) is 13.2. The summed E-state index contributed by atoms with van der Waals surface area (Å²) in [6.45, 7) is 0. The summed E-state index contributed by atoms with van der Waals surface area (Å²) in [7, 11) is 0. The van der Waals surface area contributed by atoms with E-state index in [2.05, 4.69) is 186 Å². The highest BCUT2D eigenvalue weighted by Gasteiger charge is 2.16. The highest BCUT2D eigenvalue weighted by atomic mass is 16.3. The summed E-state index contributed by atoms with van der Waals surface area (Å²) in [6.07, 6.45) is 3.65. The number of rotatable bonds is 6. The highest BCUT2D eigenvalue weighted by molar-refractivity contribution is 6.13. The maximum absolute atomic E-state index is 6.06. The van der Waals surface area contributed by atoms with Crippen molar-refractivity contribution in [3.63, 3.8) is 0 Å². The minimum Gasteiger partial charge on any atom is -0.456 e. The lowest BCUT2D eigenvalue weighted by atomic mass is 9.93. The van der Waals surface area contributed by atoms with Crippen LogP contribution in [0.3, 0.4) is 0 Å². The zero-order valence-corrected chi connectivity index (χ0v) is 28.3. The molecule has 244 valence electrons. The van der Waals surface area contributed by atoms with E-state index in [4.69, 9.17) is 4.42 Å². The summed E-state index contributed by atoms with van der Waals surface area (Å²) in [4.78, 5) is 6.66. The van der Waals surface area contributed by atoms with Crippen molar-refractivity contribution in [1.82, 2.24) is 4.98 Å². The molecule has 0 saturated heterocycles. The Balaban J connectivity index is 1.05. The number of hydrogen-bond acceptors (Lipinski definition) is 3. The second kappa shape index (κ2) is 12.4. The number of furan rings is 1. The number of pyridine rings is 1. The van der Waals surface area contributed by atoms with E-state index in [9.17, 15) is 0 Å². The monoisotopic (exact) mass is 664 g/mol. The molecule has 3 heteroatoms. The molecule has 0 saturated carbocycles. The van der Waals surface area contributed by atoms with Gasteiger partial charge in [0.1, 0.15) is 11.2 Å². The van der Waals surface area contributed by atoms with Gasteiger partial charge in [-0.2, -0.15) is 0 Å². The molecule has 0 aliphatic heterocycles. The van der Waals surface area contributed by atoms with Crippen molar-refractivity contribution in [3.05, 3.63) is 194 Å². The van der Waals surface area contributed by atoms with Gasteiger partial charge in [0.15, 0.2) is 0 Å². The van der Waals surface area contributed by atoms with Crippen molar-refractivity contribution < 1.29 is 4.42 Å². The molecule has 0 spiro atoms. The summed E-state index contributed by atoms with van der Waals surface area (Å²) in [6, 6.07) is 65.2. The second-order valence-electron chi connectivity index (χ2n) is 13.2. The molecule has 0 bridgehead atoms. The van der Waals surface area contributed by atoms with E-state index in [1.165, 1.54) is 43.8 Å². The van der Waals surface area contributed by atoms with Crippen LogP contribution in [0, 0.1) is 0 Å². The Kier molecular flexibility index (Phi) is 7.14. The third-order valence-electron chi connectivity index (χ3n) is 10.2. The predicted octanol–water partition coefficient (Wildman–Crippen LogP) is 13.8. The summed E-state index contributed by atoms with van der Waals surface area (Å²) >= 11 is 0. The molecule has 2 aromatic heterocycles. The van der Waals surface area contributed by atoms with Crippen LogP contribution in [0.5, 0.6) is 0 Å². The van der Waals surface area contributed by atoms with Gasteiger partial charge in [0.2, 0.25) is 0 Å². The Morgan fingerprint density at radius 1 is 0.365 bits per heavy atom. The summed E-state index contributed by atoms with van der Waals surface area (Å²) < 4.78 is 6.06. The normalized spacial score (nSPS) is 11.5. The first-order valence-corrected chi connectivity index (χ1v) is 17.6. The maximum atomic E-state index is 6.06.